The number of pyridine rings is 1. The van der Waals surface area contributed by atoms with Gasteiger partial charge in [-0.25, -0.2) is 23.9 Å². The van der Waals surface area contributed by atoms with Crippen molar-refractivity contribution in [1.29, 1.82) is 0 Å². The summed E-state index contributed by atoms with van der Waals surface area (Å²) in [5.41, 5.74) is 0. The van der Waals surface area contributed by atoms with E-state index in [1.165, 1.54) is 18.1 Å². The minimum atomic E-state index is -1.24. The highest BCUT2D eigenvalue weighted by molar-refractivity contribution is 7.14. The van der Waals surface area contributed by atoms with Crippen LogP contribution in [0.25, 0.3) is 0 Å². The lowest BCUT2D eigenvalue weighted by atomic mass is 10.0. The van der Waals surface area contributed by atoms with Crippen LogP contribution in [0, 0.1) is 5.13 Å². The van der Waals surface area contributed by atoms with Crippen LogP contribution in [0.5, 0.6) is 5.75 Å². The summed E-state index contributed by atoms with van der Waals surface area (Å²) in [4.78, 5) is 38.3. The molecule has 2 fully saturated rings. The largest absolute Gasteiger partial charge is 0.412 e. The molecule has 2 aromatic heterocycles. The van der Waals surface area contributed by atoms with Crippen molar-refractivity contribution in [2.75, 3.05) is 50.5 Å². The maximum Gasteiger partial charge on any atom is 0.412 e. The van der Waals surface area contributed by atoms with E-state index in [1.807, 2.05) is 4.90 Å². The predicted molar refractivity (Wildman–Crippen MR) is 128 cm³/mol. The van der Waals surface area contributed by atoms with E-state index < -0.39 is 29.5 Å². The van der Waals surface area contributed by atoms with Gasteiger partial charge in [-0.15, -0.1) is 0 Å². The Morgan fingerprint density at radius 2 is 2.00 bits per heavy atom. The molecule has 4 rings (SSSR count). The summed E-state index contributed by atoms with van der Waals surface area (Å²) in [6.45, 7) is 2.42. The van der Waals surface area contributed by atoms with Gasteiger partial charge in [0.15, 0.2) is 10.3 Å². The van der Waals surface area contributed by atoms with Crippen molar-refractivity contribution >= 4 is 34.4 Å². The average Bonchev–Trinajstić information content (AvgIpc) is 3.25. The van der Waals surface area contributed by atoms with E-state index in [9.17, 15) is 18.4 Å². The van der Waals surface area contributed by atoms with Gasteiger partial charge in [0, 0.05) is 38.4 Å². The Kier molecular flexibility index (Phi) is 7.96. The molecule has 0 spiro atoms. The molecule has 2 N–H and O–H groups in total. The number of rotatable bonds is 5. The van der Waals surface area contributed by atoms with Crippen LogP contribution in [0.4, 0.5) is 29.3 Å². The number of halogens is 2. The molecule has 35 heavy (non-hydrogen) atoms. The zero-order valence-corrected chi connectivity index (χ0v) is 20.4. The SMILES string of the molecule is CN1CCC(NC(=O)Oc2ccnc(N3CC[C@@H](F)[C@@H](N(C)C(=O)Nc4ncc(F)s4)C3)c2)CC1. The number of nitrogens with zero attached hydrogens (tertiary/aromatic N) is 5. The Bertz CT molecular complexity index is 1030. The first-order valence-corrected chi connectivity index (χ1v) is 12.3. The number of amides is 3. The molecule has 0 unspecified atom stereocenters. The number of hydrogen-bond acceptors (Lipinski definition) is 8. The number of aromatic nitrogens is 2. The van der Waals surface area contributed by atoms with E-state index in [0.29, 0.717) is 29.4 Å². The monoisotopic (exact) mass is 509 g/mol. The van der Waals surface area contributed by atoms with Crippen molar-refractivity contribution in [2.45, 2.75) is 37.5 Å². The molecule has 4 heterocycles. The molecule has 3 amide bonds. The first-order valence-electron chi connectivity index (χ1n) is 11.5. The van der Waals surface area contributed by atoms with Gasteiger partial charge in [0.05, 0.1) is 12.2 Å². The predicted octanol–water partition coefficient (Wildman–Crippen LogP) is 2.94. The first kappa shape index (κ1) is 25.0. The second-order valence-electron chi connectivity index (χ2n) is 8.79. The molecule has 190 valence electrons. The van der Waals surface area contributed by atoms with E-state index in [4.69, 9.17) is 4.74 Å². The lowest BCUT2D eigenvalue weighted by Crippen LogP contribution is -2.55. The minimum Gasteiger partial charge on any atom is -0.410 e. The molecule has 0 aliphatic carbocycles. The Balaban J connectivity index is 1.35. The van der Waals surface area contributed by atoms with Crippen molar-refractivity contribution in [3.05, 3.63) is 29.7 Å². The number of carbonyl (C=O) groups excluding carboxylic acids is 2. The number of ether oxygens (including phenoxy) is 1. The molecule has 2 aliphatic rings. The van der Waals surface area contributed by atoms with Crippen molar-refractivity contribution in [2.24, 2.45) is 0 Å². The third kappa shape index (κ3) is 6.54. The van der Waals surface area contributed by atoms with Crippen molar-refractivity contribution in [3.63, 3.8) is 0 Å². The van der Waals surface area contributed by atoms with Crippen LogP contribution in [-0.2, 0) is 0 Å². The van der Waals surface area contributed by atoms with Crippen LogP contribution in [0.15, 0.2) is 24.5 Å². The molecule has 13 heteroatoms. The number of alkyl halides is 1. The van der Waals surface area contributed by atoms with Crippen LogP contribution in [-0.4, -0.2) is 90.4 Å². The smallest absolute Gasteiger partial charge is 0.410 e. The zero-order chi connectivity index (χ0) is 24.9. The number of likely N-dealkylation sites (N-methyl/N-ethyl adjacent to an activating group) is 1. The summed E-state index contributed by atoms with van der Waals surface area (Å²) >= 11 is 0.696. The lowest BCUT2D eigenvalue weighted by Gasteiger charge is -2.40. The average molecular weight is 510 g/mol. The second kappa shape index (κ2) is 11.1. The van der Waals surface area contributed by atoms with Crippen LogP contribution in [0.1, 0.15) is 19.3 Å². The van der Waals surface area contributed by atoms with Crippen LogP contribution < -0.4 is 20.3 Å². The van der Waals surface area contributed by atoms with Gasteiger partial charge in [0.2, 0.25) is 0 Å². The van der Waals surface area contributed by atoms with Crippen molar-refractivity contribution < 1.29 is 23.1 Å². The first-order chi connectivity index (χ1) is 16.8. The number of thiazole rings is 1. The van der Waals surface area contributed by atoms with Gasteiger partial charge in [-0.3, -0.25) is 5.32 Å². The third-order valence-electron chi connectivity index (χ3n) is 6.30. The molecule has 2 aliphatic heterocycles. The maximum atomic E-state index is 14.8. The highest BCUT2D eigenvalue weighted by Crippen LogP contribution is 2.26. The number of piperidine rings is 2. The Labute approximate surface area is 206 Å². The maximum absolute atomic E-state index is 14.8. The number of hydrogen-bond donors (Lipinski definition) is 2. The number of urea groups is 1. The number of anilines is 2. The normalized spacial score (nSPS) is 21.4. The molecule has 2 aromatic rings. The Morgan fingerprint density at radius 1 is 1.23 bits per heavy atom. The van der Waals surface area contributed by atoms with Gasteiger partial charge < -0.3 is 24.8 Å². The second-order valence-corrected chi connectivity index (χ2v) is 9.77. The summed E-state index contributed by atoms with van der Waals surface area (Å²) in [5.74, 6) is 0.846. The van der Waals surface area contributed by atoms with Crippen molar-refractivity contribution in [1.82, 2.24) is 25.1 Å². The zero-order valence-electron chi connectivity index (χ0n) is 19.6. The Hall–Kier alpha value is -3.06. The highest BCUT2D eigenvalue weighted by atomic mass is 32.1. The van der Waals surface area contributed by atoms with E-state index in [-0.39, 0.29) is 24.1 Å². The van der Waals surface area contributed by atoms with Gasteiger partial charge in [-0.1, -0.05) is 11.3 Å². The molecule has 10 nitrogen and oxygen atoms in total. The quantitative estimate of drug-likeness (QED) is 0.639. The van der Waals surface area contributed by atoms with Gasteiger partial charge >= 0.3 is 12.1 Å². The summed E-state index contributed by atoms with van der Waals surface area (Å²) in [5, 5.41) is 4.97. The van der Waals surface area contributed by atoms with Gasteiger partial charge in [-0.2, -0.15) is 4.39 Å². The van der Waals surface area contributed by atoms with Crippen LogP contribution in [0.2, 0.25) is 0 Å². The van der Waals surface area contributed by atoms with Gasteiger partial charge in [0.1, 0.15) is 17.7 Å². The summed E-state index contributed by atoms with van der Waals surface area (Å²) in [6, 6.07) is 1.95. The van der Waals surface area contributed by atoms with Crippen LogP contribution >= 0.6 is 11.3 Å². The molecular weight excluding hydrogens is 480 g/mol. The minimum absolute atomic E-state index is 0.0758. The molecule has 0 saturated carbocycles. The molecule has 2 saturated heterocycles. The molecule has 0 aromatic carbocycles. The Morgan fingerprint density at radius 3 is 2.71 bits per heavy atom. The molecular formula is C22H29F2N7O3S. The van der Waals surface area contributed by atoms with E-state index in [0.717, 1.165) is 32.1 Å². The standard InChI is InChI=1S/C22H29F2N7O3S/c1-29-8-4-14(5-9-29)27-22(33)34-15-3-7-25-19(11-15)31-10-6-16(23)17(13-31)30(2)21(32)28-20-26-12-18(24)35-20/h3,7,11-12,14,16-17H,4-6,8-10,13H2,1-2H3,(H,27,33)(H,26,28,32)/t16-,17+/m1/s1. The summed E-state index contributed by atoms with van der Waals surface area (Å²) in [7, 11) is 3.54. The number of carbonyl (C=O) groups is 2. The third-order valence-corrected chi connectivity index (χ3v) is 7.00. The highest BCUT2D eigenvalue weighted by Gasteiger charge is 2.35. The molecule has 2 atom stereocenters. The molecule has 0 bridgehead atoms. The summed E-state index contributed by atoms with van der Waals surface area (Å²) in [6.07, 6.45) is 2.70. The number of likely N-dealkylation sites (tertiary alicyclic amines) is 1. The fraction of sp³-hybridized carbons (Fsp3) is 0.545. The van der Waals surface area contributed by atoms with Gasteiger partial charge in [0.25, 0.3) is 0 Å². The summed E-state index contributed by atoms with van der Waals surface area (Å²) < 4.78 is 33.4. The number of nitrogens with one attached hydrogen (secondary N) is 2. The van der Waals surface area contributed by atoms with E-state index >= 15 is 0 Å². The van der Waals surface area contributed by atoms with E-state index in [1.54, 1.807) is 12.1 Å². The van der Waals surface area contributed by atoms with Gasteiger partial charge in [-0.05, 0) is 45.5 Å². The fourth-order valence-corrected chi connectivity index (χ4v) is 4.74. The lowest BCUT2D eigenvalue weighted by molar-refractivity contribution is 0.133. The fourth-order valence-electron chi connectivity index (χ4n) is 4.21. The molecule has 0 radical (unpaired) electrons. The topological polar surface area (TPSA) is 103 Å². The van der Waals surface area contributed by atoms with E-state index in [2.05, 4.69) is 32.5 Å². The van der Waals surface area contributed by atoms with Crippen molar-refractivity contribution in [3.8, 4) is 5.75 Å². The van der Waals surface area contributed by atoms with Crippen LogP contribution in [0.3, 0.4) is 0 Å².